The Morgan fingerprint density at radius 3 is 2.50 bits per heavy atom. The first-order valence-electron chi connectivity index (χ1n) is 6.71. The van der Waals surface area contributed by atoms with Crippen LogP contribution in [0.4, 0.5) is 0 Å². The van der Waals surface area contributed by atoms with Crippen LogP contribution in [0.2, 0.25) is 0 Å². The van der Waals surface area contributed by atoms with E-state index in [4.69, 9.17) is 0 Å². The van der Waals surface area contributed by atoms with Gasteiger partial charge in [-0.15, -0.1) is 0 Å². The zero-order valence-electron chi connectivity index (χ0n) is 11.5. The van der Waals surface area contributed by atoms with Crippen LogP contribution in [0.15, 0.2) is 53.0 Å². The molecule has 2 aromatic rings. The first kappa shape index (κ1) is 14.8. The zero-order valence-corrected chi connectivity index (χ0v) is 13.1. The number of carbonyl (C=O) groups excluding carboxylic acids is 1. The maximum absolute atomic E-state index is 11.8. The first-order chi connectivity index (χ1) is 9.65. The highest BCUT2D eigenvalue weighted by Crippen LogP contribution is 2.11. The van der Waals surface area contributed by atoms with E-state index in [1.165, 1.54) is 11.1 Å². The van der Waals surface area contributed by atoms with Crippen LogP contribution >= 0.6 is 15.9 Å². The van der Waals surface area contributed by atoms with E-state index >= 15 is 0 Å². The summed E-state index contributed by atoms with van der Waals surface area (Å²) in [7, 11) is 0. The maximum Gasteiger partial charge on any atom is 0.220 e. The zero-order chi connectivity index (χ0) is 14.4. The molecule has 104 valence electrons. The Labute approximate surface area is 128 Å². The summed E-state index contributed by atoms with van der Waals surface area (Å²) in [5, 5.41) is 2.95. The van der Waals surface area contributed by atoms with Gasteiger partial charge in [0.05, 0.1) is 0 Å². The molecule has 0 saturated carbocycles. The van der Waals surface area contributed by atoms with Crippen molar-refractivity contribution in [1.82, 2.24) is 5.32 Å². The van der Waals surface area contributed by atoms with E-state index < -0.39 is 0 Å². The fourth-order valence-electron chi connectivity index (χ4n) is 2.03. The van der Waals surface area contributed by atoms with Crippen LogP contribution in [-0.4, -0.2) is 5.91 Å². The van der Waals surface area contributed by atoms with Crippen molar-refractivity contribution in [2.45, 2.75) is 26.3 Å². The van der Waals surface area contributed by atoms with Crippen molar-refractivity contribution >= 4 is 21.8 Å². The monoisotopic (exact) mass is 331 g/mol. The van der Waals surface area contributed by atoms with E-state index in [9.17, 15) is 4.79 Å². The van der Waals surface area contributed by atoms with Crippen molar-refractivity contribution in [3.8, 4) is 0 Å². The Balaban J connectivity index is 1.78. The van der Waals surface area contributed by atoms with Crippen LogP contribution in [0.3, 0.4) is 0 Å². The molecule has 0 aromatic heterocycles. The molecule has 2 aromatic carbocycles. The average Bonchev–Trinajstić information content (AvgIpc) is 2.46. The molecule has 0 saturated heterocycles. The van der Waals surface area contributed by atoms with Crippen molar-refractivity contribution in [3.63, 3.8) is 0 Å². The summed E-state index contributed by atoms with van der Waals surface area (Å²) in [5.74, 6) is 0.0937. The van der Waals surface area contributed by atoms with Gasteiger partial charge in [-0.1, -0.05) is 52.3 Å². The summed E-state index contributed by atoms with van der Waals surface area (Å²) in [6.07, 6.45) is 1.32. The number of halogens is 1. The van der Waals surface area contributed by atoms with Crippen molar-refractivity contribution in [1.29, 1.82) is 0 Å². The number of carbonyl (C=O) groups is 1. The number of amides is 1. The third-order valence-electron chi connectivity index (χ3n) is 3.29. The van der Waals surface area contributed by atoms with E-state index in [1.54, 1.807) is 0 Å². The second-order valence-corrected chi connectivity index (χ2v) is 5.75. The molecule has 0 aliphatic carbocycles. The molecule has 2 rings (SSSR count). The molecule has 0 unspecified atom stereocenters. The SMILES string of the molecule is Cc1ccccc1CCC(=O)NCc1ccc(Br)cc1. The summed E-state index contributed by atoms with van der Waals surface area (Å²) in [6.45, 7) is 2.66. The number of nitrogens with one attached hydrogen (secondary N) is 1. The van der Waals surface area contributed by atoms with Crippen molar-refractivity contribution < 1.29 is 4.79 Å². The van der Waals surface area contributed by atoms with E-state index in [1.807, 2.05) is 36.4 Å². The van der Waals surface area contributed by atoms with E-state index in [0.717, 1.165) is 16.5 Å². The minimum Gasteiger partial charge on any atom is -0.352 e. The molecule has 1 N–H and O–H groups in total. The highest BCUT2D eigenvalue weighted by atomic mass is 79.9. The topological polar surface area (TPSA) is 29.1 Å². The average molecular weight is 332 g/mol. The molecule has 0 bridgehead atoms. The van der Waals surface area contributed by atoms with E-state index in [-0.39, 0.29) is 5.91 Å². The normalized spacial score (nSPS) is 10.3. The van der Waals surface area contributed by atoms with Crippen molar-refractivity contribution in [2.75, 3.05) is 0 Å². The van der Waals surface area contributed by atoms with Gasteiger partial charge in [0.2, 0.25) is 5.91 Å². The third-order valence-corrected chi connectivity index (χ3v) is 3.81. The highest BCUT2D eigenvalue weighted by molar-refractivity contribution is 9.10. The van der Waals surface area contributed by atoms with Crippen LogP contribution in [0.25, 0.3) is 0 Å². The fourth-order valence-corrected chi connectivity index (χ4v) is 2.29. The van der Waals surface area contributed by atoms with Gasteiger partial charge in [-0.2, -0.15) is 0 Å². The van der Waals surface area contributed by atoms with Gasteiger partial charge >= 0.3 is 0 Å². The lowest BCUT2D eigenvalue weighted by molar-refractivity contribution is -0.121. The van der Waals surface area contributed by atoms with Crippen LogP contribution in [0.5, 0.6) is 0 Å². The second kappa shape index (κ2) is 7.25. The van der Waals surface area contributed by atoms with Crippen LogP contribution < -0.4 is 5.32 Å². The Morgan fingerprint density at radius 2 is 1.80 bits per heavy atom. The van der Waals surface area contributed by atoms with Gasteiger partial charge in [0.25, 0.3) is 0 Å². The number of hydrogen-bond donors (Lipinski definition) is 1. The molecule has 2 nitrogen and oxygen atoms in total. The molecular formula is C17H18BrNO. The largest absolute Gasteiger partial charge is 0.352 e. The van der Waals surface area contributed by atoms with Crippen LogP contribution in [0, 0.1) is 6.92 Å². The van der Waals surface area contributed by atoms with Crippen LogP contribution in [-0.2, 0) is 17.8 Å². The molecule has 0 radical (unpaired) electrons. The highest BCUT2D eigenvalue weighted by Gasteiger charge is 2.04. The maximum atomic E-state index is 11.8. The molecule has 1 amide bonds. The Kier molecular flexibility index (Phi) is 5.36. The quantitative estimate of drug-likeness (QED) is 0.881. The predicted molar refractivity (Wildman–Crippen MR) is 85.5 cm³/mol. The minimum atomic E-state index is 0.0937. The van der Waals surface area contributed by atoms with Crippen LogP contribution in [0.1, 0.15) is 23.1 Å². The Morgan fingerprint density at radius 1 is 1.10 bits per heavy atom. The molecule has 20 heavy (non-hydrogen) atoms. The Hall–Kier alpha value is -1.61. The minimum absolute atomic E-state index is 0.0937. The molecule has 3 heteroatoms. The van der Waals surface area contributed by atoms with E-state index in [0.29, 0.717) is 13.0 Å². The van der Waals surface area contributed by atoms with Crippen molar-refractivity contribution in [3.05, 3.63) is 69.7 Å². The van der Waals surface area contributed by atoms with Gasteiger partial charge in [0, 0.05) is 17.4 Å². The third kappa shape index (κ3) is 4.49. The molecule has 0 spiro atoms. The van der Waals surface area contributed by atoms with Gasteiger partial charge in [-0.25, -0.2) is 0 Å². The number of benzene rings is 2. The number of aryl methyl sites for hydroxylation is 2. The fraction of sp³-hybridized carbons (Fsp3) is 0.235. The molecule has 0 aliphatic heterocycles. The molecule has 0 aliphatic rings. The standard InChI is InChI=1S/C17H18BrNO/c1-13-4-2-3-5-15(13)8-11-17(20)19-12-14-6-9-16(18)10-7-14/h2-7,9-10H,8,11-12H2,1H3,(H,19,20). The first-order valence-corrected chi connectivity index (χ1v) is 7.50. The summed E-state index contributed by atoms with van der Waals surface area (Å²) in [6, 6.07) is 16.2. The van der Waals surface area contributed by atoms with Crippen molar-refractivity contribution in [2.24, 2.45) is 0 Å². The lowest BCUT2D eigenvalue weighted by Gasteiger charge is -2.07. The van der Waals surface area contributed by atoms with Gasteiger partial charge in [0.1, 0.15) is 0 Å². The smallest absolute Gasteiger partial charge is 0.220 e. The van der Waals surface area contributed by atoms with Gasteiger partial charge in [-0.3, -0.25) is 4.79 Å². The molecule has 0 heterocycles. The summed E-state index contributed by atoms with van der Waals surface area (Å²) >= 11 is 3.40. The summed E-state index contributed by atoms with van der Waals surface area (Å²) in [4.78, 5) is 11.8. The van der Waals surface area contributed by atoms with E-state index in [2.05, 4.69) is 40.3 Å². The summed E-state index contributed by atoms with van der Waals surface area (Å²) in [5.41, 5.74) is 3.59. The van der Waals surface area contributed by atoms with Gasteiger partial charge < -0.3 is 5.32 Å². The number of rotatable bonds is 5. The number of hydrogen-bond acceptors (Lipinski definition) is 1. The van der Waals surface area contributed by atoms with Gasteiger partial charge in [-0.05, 0) is 42.2 Å². The Bertz CT molecular complexity index is 578. The summed E-state index contributed by atoms with van der Waals surface area (Å²) < 4.78 is 1.05. The van der Waals surface area contributed by atoms with Gasteiger partial charge in [0.15, 0.2) is 0 Å². The second-order valence-electron chi connectivity index (χ2n) is 4.83. The lowest BCUT2D eigenvalue weighted by atomic mass is 10.0. The lowest BCUT2D eigenvalue weighted by Crippen LogP contribution is -2.23. The molecular weight excluding hydrogens is 314 g/mol. The molecule has 0 fully saturated rings. The molecule has 0 atom stereocenters. The predicted octanol–water partition coefficient (Wildman–Crippen LogP) is 4.01.